The second kappa shape index (κ2) is 4.17. The highest BCUT2D eigenvalue weighted by atomic mass is 14.7. The third kappa shape index (κ3) is 2.01. The molecule has 2 aromatic rings. The first-order valence-electron chi connectivity index (χ1n) is 6.04. The Morgan fingerprint density at radius 1 is 1.00 bits per heavy atom. The molecule has 1 aromatic carbocycles. The van der Waals surface area contributed by atoms with Crippen LogP contribution in [0.2, 0.25) is 0 Å². The van der Waals surface area contributed by atoms with Crippen LogP contribution in [0.1, 0.15) is 27.9 Å². The largest absolute Gasteiger partial charge is 0.257 e. The average molecular weight is 221 g/mol. The first kappa shape index (κ1) is 10.3. The topological polar surface area (TPSA) is 12.9 Å². The van der Waals surface area contributed by atoms with Crippen LogP contribution in [0.15, 0.2) is 36.5 Å². The fraction of sp³-hybridized carbons (Fsp3) is 0.188. The molecule has 17 heavy (non-hydrogen) atoms. The summed E-state index contributed by atoms with van der Waals surface area (Å²) in [6.07, 6.45) is 8.34. The van der Waals surface area contributed by atoms with Gasteiger partial charge in [-0.25, -0.2) is 0 Å². The molecule has 84 valence electrons. The van der Waals surface area contributed by atoms with Gasteiger partial charge in [0.2, 0.25) is 0 Å². The lowest BCUT2D eigenvalue weighted by Crippen LogP contribution is -2.00. The molecular weight excluding hydrogens is 206 g/mol. The van der Waals surface area contributed by atoms with E-state index in [0.717, 1.165) is 18.5 Å². The van der Waals surface area contributed by atoms with Crippen molar-refractivity contribution in [1.82, 2.24) is 4.98 Å². The van der Waals surface area contributed by atoms with Crippen molar-refractivity contribution < 1.29 is 0 Å². The molecule has 0 N–H and O–H groups in total. The van der Waals surface area contributed by atoms with E-state index in [0.29, 0.717) is 0 Å². The Morgan fingerprint density at radius 2 is 1.88 bits per heavy atom. The van der Waals surface area contributed by atoms with E-state index >= 15 is 0 Å². The Bertz CT molecular complexity index is 582. The lowest BCUT2D eigenvalue weighted by molar-refractivity contribution is 0.938. The highest BCUT2D eigenvalue weighted by molar-refractivity contribution is 5.72. The average Bonchev–Trinajstić information content (AvgIpc) is 2.33. The molecule has 0 aliphatic heterocycles. The molecule has 1 aliphatic rings. The molecule has 0 bridgehead atoms. The van der Waals surface area contributed by atoms with Gasteiger partial charge < -0.3 is 0 Å². The van der Waals surface area contributed by atoms with Crippen molar-refractivity contribution in [2.45, 2.75) is 19.8 Å². The van der Waals surface area contributed by atoms with E-state index in [-0.39, 0.29) is 0 Å². The SMILES string of the molecule is Cc1ccc2c(c1)CCc1cccnc1C=C2. The second-order valence-corrected chi connectivity index (χ2v) is 4.58. The number of rotatable bonds is 0. The fourth-order valence-electron chi connectivity index (χ4n) is 2.36. The van der Waals surface area contributed by atoms with Crippen molar-refractivity contribution in [3.05, 3.63) is 64.5 Å². The summed E-state index contributed by atoms with van der Waals surface area (Å²) >= 11 is 0. The Labute approximate surface area is 102 Å². The highest BCUT2D eigenvalue weighted by Crippen LogP contribution is 2.21. The molecule has 1 heteroatoms. The van der Waals surface area contributed by atoms with Crippen LogP contribution in [0.5, 0.6) is 0 Å². The van der Waals surface area contributed by atoms with Crippen LogP contribution in [0.25, 0.3) is 12.2 Å². The molecule has 3 rings (SSSR count). The van der Waals surface area contributed by atoms with Gasteiger partial charge in [-0.2, -0.15) is 0 Å². The number of fused-ring (bicyclic) bond motifs is 2. The number of aromatic nitrogens is 1. The van der Waals surface area contributed by atoms with Crippen LogP contribution < -0.4 is 0 Å². The van der Waals surface area contributed by atoms with Gasteiger partial charge in [0.05, 0.1) is 5.69 Å². The number of pyridine rings is 1. The highest BCUT2D eigenvalue weighted by Gasteiger charge is 2.07. The van der Waals surface area contributed by atoms with E-state index in [1.165, 1.54) is 22.3 Å². The number of hydrogen-bond acceptors (Lipinski definition) is 1. The van der Waals surface area contributed by atoms with E-state index in [1.807, 2.05) is 12.3 Å². The maximum Gasteiger partial charge on any atom is 0.0661 e. The van der Waals surface area contributed by atoms with Crippen molar-refractivity contribution in [2.24, 2.45) is 0 Å². The lowest BCUT2D eigenvalue weighted by atomic mass is 9.94. The molecule has 0 fully saturated rings. The van der Waals surface area contributed by atoms with Crippen molar-refractivity contribution in [1.29, 1.82) is 0 Å². The Hall–Kier alpha value is -1.89. The molecule has 1 heterocycles. The number of nitrogens with zero attached hydrogens (tertiary/aromatic N) is 1. The summed E-state index contributed by atoms with van der Waals surface area (Å²) in [5.41, 5.74) is 6.56. The second-order valence-electron chi connectivity index (χ2n) is 4.58. The van der Waals surface area contributed by atoms with Gasteiger partial charge in [-0.3, -0.25) is 4.98 Å². The van der Waals surface area contributed by atoms with Crippen LogP contribution >= 0.6 is 0 Å². The number of hydrogen-bond donors (Lipinski definition) is 0. The van der Waals surface area contributed by atoms with E-state index in [1.54, 1.807) is 0 Å². The van der Waals surface area contributed by atoms with Crippen LogP contribution in [0.4, 0.5) is 0 Å². The third-order valence-corrected chi connectivity index (χ3v) is 3.31. The molecular formula is C16H15N. The quantitative estimate of drug-likeness (QED) is 0.661. The van der Waals surface area contributed by atoms with Crippen molar-refractivity contribution in [3.8, 4) is 0 Å². The van der Waals surface area contributed by atoms with Crippen LogP contribution in [0.3, 0.4) is 0 Å². The molecule has 0 radical (unpaired) electrons. The Kier molecular flexibility index (Phi) is 2.52. The van der Waals surface area contributed by atoms with E-state index < -0.39 is 0 Å². The van der Waals surface area contributed by atoms with Gasteiger partial charge in [-0.15, -0.1) is 0 Å². The zero-order chi connectivity index (χ0) is 11.7. The summed E-state index contributed by atoms with van der Waals surface area (Å²) in [5.74, 6) is 0. The van der Waals surface area contributed by atoms with Gasteiger partial charge >= 0.3 is 0 Å². The summed E-state index contributed by atoms with van der Waals surface area (Å²) < 4.78 is 0. The zero-order valence-electron chi connectivity index (χ0n) is 9.98. The first-order chi connectivity index (χ1) is 8.33. The molecule has 0 amide bonds. The summed E-state index contributed by atoms with van der Waals surface area (Å²) in [7, 11) is 0. The number of aryl methyl sites for hydroxylation is 3. The van der Waals surface area contributed by atoms with Crippen molar-refractivity contribution in [2.75, 3.05) is 0 Å². The van der Waals surface area contributed by atoms with Crippen LogP contribution in [-0.2, 0) is 12.8 Å². The van der Waals surface area contributed by atoms with Gasteiger partial charge in [0.1, 0.15) is 0 Å². The predicted molar refractivity (Wildman–Crippen MR) is 71.8 cm³/mol. The van der Waals surface area contributed by atoms with Gasteiger partial charge in [-0.05, 0) is 48.6 Å². The molecule has 0 spiro atoms. The van der Waals surface area contributed by atoms with Crippen LogP contribution in [-0.4, -0.2) is 4.98 Å². The third-order valence-electron chi connectivity index (χ3n) is 3.31. The van der Waals surface area contributed by atoms with E-state index in [9.17, 15) is 0 Å². The maximum absolute atomic E-state index is 4.42. The molecule has 0 saturated carbocycles. The predicted octanol–water partition coefficient (Wildman–Crippen LogP) is 3.66. The van der Waals surface area contributed by atoms with E-state index in [2.05, 4.69) is 48.3 Å². The van der Waals surface area contributed by atoms with Crippen molar-refractivity contribution in [3.63, 3.8) is 0 Å². The lowest BCUT2D eigenvalue weighted by Gasteiger charge is -2.12. The van der Waals surface area contributed by atoms with Gasteiger partial charge in [0.25, 0.3) is 0 Å². The monoisotopic (exact) mass is 221 g/mol. The minimum Gasteiger partial charge on any atom is -0.257 e. The molecule has 1 aromatic heterocycles. The minimum absolute atomic E-state index is 1.07. The summed E-state index contributed by atoms with van der Waals surface area (Å²) in [6, 6.07) is 10.9. The molecule has 0 unspecified atom stereocenters. The Morgan fingerprint density at radius 3 is 2.82 bits per heavy atom. The fourth-order valence-corrected chi connectivity index (χ4v) is 2.36. The summed E-state index contributed by atoms with van der Waals surface area (Å²) in [4.78, 5) is 4.42. The normalized spacial score (nSPS) is 13.5. The zero-order valence-corrected chi connectivity index (χ0v) is 9.98. The molecule has 1 nitrogen and oxygen atoms in total. The van der Waals surface area contributed by atoms with Gasteiger partial charge in [0, 0.05) is 6.20 Å². The summed E-state index contributed by atoms with van der Waals surface area (Å²) in [6.45, 7) is 2.15. The van der Waals surface area contributed by atoms with Crippen molar-refractivity contribution >= 4 is 12.2 Å². The summed E-state index contributed by atoms with van der Waals surface area (Å²) in [5, 5.41) is 0. The number of benzene rings is 1. The maximum atomic E-state index is 4.42. The molecule has 0 saturated heterocycles. The first-order valence-corrected chi connectivity index (χ1v) is 6.04. The Balaban J connectivity index is 2.09. The standard InChI is InChI=1S/C16H15N/c1-12-4-5-13-8-9-16-14(3-2-10-17-16)6-7-15(13)11-12/h2-5,8-11H,6-7H2,1H3. The smallest absolute Gasteiger partial charge is 0.0661 e. The van der Waals surface area contributed by atoms with Gasteiger partial charge in [0.15, 0.2) is 0 Å². The van der Waals surface area contributed by atoms with Gasteiger partial charge in [-0.1, -0.05) is 35.9 Å². The molecule has 0 atom stereocenters. The molecule has 1 aliphatic carbocycles. The van der Waals surface area contributed by atoms with Crippen LogP contribution in [0, 0.1) is 6.92 Å². The van der Waals surface area contributed by atoms with E-state index in [4.69, 9.17) is 0 Å². The minimum atomic E-state index is 1.07.